The van der Waals surface area contributed by atoms with Gasteiger partial charge in [0.1, 0.15) is 15.7 Å². The number of carboxylic acid groups (broad SMARTS) is 1. The third-order valence-corrected chi connectivity index (χ3v) is 3.76. The molecular formula is C12H9ClFNO3S. The van der Waals surface area contributed by atoms with Crippen LogP contribution in [-0.2, 0) is 11.3 Å². The maximum atomic E-state index is 13.1. The van der Waals surface area contributed by atoms with E-state index in [4.69, 9.17) is 21.4 Å². The Balaban J connectivity index is 2.47. The van der Waals surface area contributed by atoms with Crippen LogP contribution < -0.4 is 0 Å². The summed E-state index contributed by atoms with van der Waals surface area (Å²) in [6.45, 7) is 0.104. The molecule has 1 aromatic carbocycles. The SMILES string of the molecule is COCc1nc(-c2ccc(F)c(Cl)c2)sc1C(=O)O. The zero-order valence-electron chi connectivity index (χ0n) is 9.81. The highest BCUT2D eigenvalue weighted by molar-refractivity contribution is 7.17. The number of carbonyl (C=O) groups is 1. The summed E-state index contributed by atoms with van der Waals surface area (Å²) in [5.41, 5.74) is 0.914. The number of thiazole rings is 1. The van der Waals surface area contributed by atoms with Crippen LogP contribution in [0.2, 0.25) is 5.02 Å². The normalized spacial score (nSPS) is 10.7. The van der Waals surface area contributed by atoms with Gasteiger partial charge < -0.3 is 9.84 Å². The van der Waals surface area contributed by atoms with Crippen molar-refractivity contribution >= 4 is 28.9 Å². The number of methoxy groups -OCH3 is 1. The molecule has 0 spiro atoms. The van der Waals surface area contributed by atoms with E-state index in [9.17, 15) is 9.18 Å². The Morgan fingerprint density at radius 1 is 1.58 bits per heavy atom. The first kappa shape index (κ1) is 13.9. The Labute approximate surface area is 117 Å². The zero-order valence-corrected chi connectivity index (χ0v) is 11.4. The number of benzene rings is 1. The number of nitrogens with zero attached hydrogens (tertiary/aromatic N) is 1. The first-order chi connectivity index (χ1) is 9.02. The fourth-order valence-corrected chi connectivity index (χ4v) is 2.59. The second kappa shape index (κ2) is 5.64. The predicted octanol–water partition coefficient (Wildman–Crippen LogP) is 3.45. The predicted molar refractivity (Wildman–Crippen MR) is 70.2 cm³/mol. The van der Waals surface area contributed by atoms with E-state index in [1.165, 1.54) is 25.3 Å². The lowest BCUT2D eigenvalue weighted by Gasteiger charge is -1.98. The fourth-order valence-electron chi connectivity index (χ4n) is 1.51. The van der Waals surface area contributed by atoms with Gasteiger partial charge >= 0.3 is 5.97 Å². The van der Waals surface area contributed by atoms with Crippen molar-refractivity contribution in [2.75, 3.05) is 7.11 Å². The average Bonchev–Trinajstić information content (AvgIpc) is 2.77. The number of aromatic carboxylic acids is 1. The van der Waals surface area contributed by atoms with Crippen molar-refractivity contribution in [3.05, 3.63) is 39.6 Å². The van der Waals surface area contributed by atoms with Gasteiger partial charge in [0.05, 0.1) is 17.3 Å². The summed E-state index contributed by atoms with van der Waals surface area (Å²) in [5.74, 6) is -1.60. The van der Waals surface area contributed by atoms with Crippen molar-refractivity contribution in [1.82, 2.24) is 4.98 Å². The largest absolute Gasteiger partial charge is 0.477 e. The van der Waals surface area contributed by atoms with E-state index >= 15 is 0 Å². The molecule has 0 amide bonds. The Kier molecular flexibility index (Phi) is 4.14. The second-order valence-corrected chi connectivity index (χ2v) is 5.07. The number of ether oxygens (including phenoxy) is 1. The third kappa shape index (κ3) is 2.91. The third-order valence-electron chi connectivity index (χ3n) is 2.34. The summed E-state index contributed by atoms with van der Waals surface area (Å²) >= 11 is 6.70. The fraction of sp³-hybridized carbons (Fsp3) is 0.167. The maximum Gasteiger partial charge on any atom is 0.347 e. The van der Waals surface area contributed by atoms with Crippen molar-refractivity contribution in [1.29, 1.82) is 0 Å². The smallest absolute Gasteiger partial charge is 0.347 e. The van der Waals surface area contributed by atoms with Crippen LogP contribution in [0.3, 0.4) is 0 Å². The summed E-state index contributed by atoms with van der Waals surface area (Å²) in [6.07, 6.45) is 0. The zero-order chi connectivity index (χ0) is 14.0. The molecule has 0 radical (unpaired) electrons. The van der Waals surface area contributed by atoms with Gasteiger partial charge in [0, 0.05) is 12.7 Å². The summed E-state index contributed by atoms with van der Waals surface area (Å²) < 4.78 is 18.0. The minimum atomic E-state index is -1.07. The molecule has 7 heteroatoms. The van der Waals surface area contributed by atoms with Gasteiger partial charge in [-0.15, -0.1) is 11.3 Å². The topological polar surface area (TPSA) is 59.4 Å². The van der Waals surface area contributed by atoms with Gasteiger partial charge in [-0.05, 0) is 18.2 Å². The maximum absolute atomic E-state index is 13.1. The molecule has 0 unspecified atom stereocenters. The molecule has 1 N–H and O–H groups in total. The van der Waals surface area contributed by atoms with Crippen molar-refractivity contribution in [3.63, 3.8) is 0 Å². The van der Waals surface area contributed by atoms with Crippen LogP contribution in [0, 0.1) is 5.82 Å². The Morgan fingerprint density at radius 3 is 2.89 bits per heavy atom. The molecule has 0 aliphatic heterocycles. The lowest BCUT2D eigenvalue weighted by molar-refractivity contribution is 0.0697. The van der Waals surface area contributed by atoms with Crippen LogP contribution in [-0.4, -0.2) is 23.2 Å². The van der Waals surface area contributed by atoms with Crippen molar-refractivity contribution in [2.45, 2.75) is 6.61 Å². The highest BCUT2D eigenvalue weighted by atomic mass is 35.5. The van der Waals surface area contributed by atoms with Gasteiger partial charge in [-0.1, -0.05) is 11.6 Å². The molecule has 0 atom stereocenters. The number of halogens is 2. The van der Waals surface area contributed by atoms with Crippen LogP contribution >= 0.6 is 22.9 Å². The Morgan fingerprint density at radius 2 is 2.32 bits per heavy atom. The van der Waals surface area contributed by atoms with E-state index in [0.717, 1.165) is 11.3 Å². The van der Waals surface area contributed by atoms with Crippen LogP contribution in [0.1, 0.15) is 15.4 Å². The highest BCUT2D eigenvalue weighted by Crippen LogP contribution is 2.31. The summed E-state index contributed by atoms with van der Waals surface area (Å²) in [4.78, 5) is 15.4. The molecule has 0 saturated heterocycles. The van der Waals surface area contributed by atoms with Gasteiger partial charge in [-0.2, -0.15) is 0 Å². The van der Waals surface area contributed by atoms with Gasteiger partial charge in [0.15, 0.2) is 0 Å². The van der Waals surface area contributed by atoms with Crippen molar-refractivity contribution in [3.8, 4) is 10.6 Å². The molecule has 100 valence electrons. The number of rotatable bonds is 4. The first-order valence-electron chi connectivity index (χ1n) is 5.20. The number of hydrogen-bond donors (Lipinski definition) is 1. The molecule has 1 aromatic heterocycles. The van der Waals surface area contributed by atoms with Gasteiger partial charge in [-0.25, -0.2) is 14.2 Å². The molecule has 0 saturated carbocycles. The minimum Gasteiger partial charge on any atom is -0.477 e. The summed E-state index contributed by atoms with van der Waals surface area (Å²) in [5, 5.41) is 9.51. The molecule has 0 fully saturated rings. The first-order valence-corrected chi connectivity index (χ1v) is 6.39. The average molecular weight is 302 g/mol. The molecule has 0 aliphatic carbocycles. The summed E-state index contributed by atoms with van der Waals surface area (Å²) in [7, 11) is 1.46. The Hall–Kier alpha value is -1.50. The number of carboxylic acids is 1. The minimum absolute atomic E-state index is 0.0298. The molecule has 2 rings (SSSR count). The standard InChI is InChI=1S/C12H9ClFNO3S/c1-18-5-9-10(12(16)17)19-11(15-9)6-2-3-8(14)7(13)4-6/h2-4H,5H2,1H3,(H,16,17). The Bertz CT molecular complexity index is 629. The molecule has 0 bridgehead atoms. The monoisotopic (exact) mass is 301 g/mol. The van der Waals surface area contributed by atoms with Crippen molar-refractivity contribution < 1.29 is 19.0 Å². The lowest BCUT2D eigenvalue weighted by Crippen LogP contribution is -1.99. The van der Waals surface area contributed by atoms with E-state index in [1.807, 2.05) is 0 Å². The second-order valence-electron chi connectivity index (χ2n) is 3.66. The lowest BCUT2D eigenvalue weighted by atomic mass is 10.2. The van der Waals surface area contributed by atoms with E-state index in [-0.39, 0.29) is 16.5 Å². The van der Waals surface area contributed by atoms with Gasteiger partial charge in [0.2, 0.25) is 0 Å². The van der Waals surface area contributed by atoms with Gasteiger partial charge in [0.25, 0.3) is 0 Å². The van der Waals surface area contributed by atoms with Crippen LogP contribution in [0.5, 0.6) is 0 Å². The molecular weight excluding hydrogens is 293 g/mol. The number of hydrogen-bond acceptors (Lipinski definition) is 4. The van der Waals surface area contributed by atoms with Gasteiger partial charge in [-0.3, -0.25) is 0 Å². The number of aromatic nitrogens is 1. The molecule has 4 nitrogen and oxygen atoms in total. The van der Waals surface area contributed by atoms with E-state index in [1.54, 1.807) is 0 Å². The van der Waals surface area contributed by atoms with E-state index in [2.05, 4.69) is 4.98 Å². The van der Waals surface area contributed by atoms with Crippen LogP contribution in [0.4, 0.5) is 4.39 Å². The quantitative estimate of drug-likeness (QED) is 0.939. The molecule has 0 aliphatic rings. The summed E-state index contributed by atoms with van der Waals surface area (Å²) in [6, 6.07) is 4.13. The van der Waals surface area contributed by atoms with Crippen LogP contribution in [0.15, 0.2) is 18.2 Å². The molecule has 2 aromatic rings. The highest BCUT2D eigenvalue weighted by Gasteiger charge is 2.18. The van der Waals surface area contributed by atoms with E-state index in [0.29, 0.717) is 16.3 Å². The molecule has 1 heterocycles. The van der Waals surface area contributed by atoms with Crippen LogP contribution in [0.25, 0.3) is 10.6 Å². The molecule has 19 heavy (non-hydrogen) atoms. The van der Waals surface area contributed by atoms with Crippen molar-refractivity contribution in [2.24, 2.45) is 0 Å². The van der Waals surface area contributed by atoms with E-state index < -0.39 is 11.8 Å².